The lowest BCUT2D eigenvalue weighted by Gasteiger charge is -2.23. The first-order chi connectivity index (χ1) is 8.16. The Bertz CT molecular complexity index is 441. The lowest BCUT2D eigenvalue weighted by Crippen LogP contribution is -2.47. The van der Waals surface area contributed by atoms with Crippen LogP contribution in [-0.4, -0.2) is 27.5 Å². The van der Waals surface area contributed by atoms with E-state index in [-0.39, 0.29) is 6.04 Å². The molecule has 2 rings (SSSR count). The molecule has 1 fully saturated rings. The Balaban J connectivity index is 1.94. The molecule has 1 aliphatic heterocycles. The molecule has 17 heavy (non-hydrogen) atoms. The Morgan fingerprint density at radius 1 is 1.24 bits per heavy atom. The number of hydrogen-bond donors (Lipinski definition) is 3. The van der Waals surface area contributed by atoms with E-state index in [0.29, 0.717) is 12.2 Å². The highest BCUT2D eigenvalue weighted by Crippen LogP contribution is 2.08. The Morgan fingerprint density at radius 2 is 2.00 bits per heavy atom. The van der Waals surface area contributed by atoms with Crippen LogP contribution in [0.25, 0.3) is 0 Å². The summed E-state index contributed by atoms with van der Waals surface area (Å²) in [4.78, 5) is 0. The lowest BCUT2D eigenvalue weighted by atomic mass is 10.1. The van der Waals surface area contributed by atoms with Gasteiger partial charge < -0.3 is 5.32 Å². The number of rotatable bonds is 4. The van der Waals surface area contributed by atoms with Crippen molar-refractivity contribution in [3.05, 3.63) is 30.3 Å². The van der Waals surface area contributed by atoms with Gasteiger partial charge in [0.15, 0.2) is 0 Å². The van der Waals surface area contributed by atoms with Crippen LogP contribution >= 0.6 is 0 Å². The van der Waals surface area contributed by atoms with Crippen molar-refractivity contribution in [3.63, 3.8) is 0 Å². The van der Waals surface area contributed by atoms with E-state index in [2.05, 4.69) is 14.8 Å². The molecular weight excluding hydrogens is 238 g/mol. The van der Waals surface area contributed by atoms with E-state index in [4.69, 9.17) is 0 Å². The molecule has 1 atom stereocenters. The molecule has 0 bridgehead atoms. The summed E-state index contributed by atoms with van der Waals surface area (Å²) in [5.74, 6) is 0. The molecule has 0 saturated carbocycles. The van der Waals surface area contributed by atoms with Crippen molar-refractivity contribution < 1.29 is 8.42 Å². The molecule has 1 heterocycles. The maximum atomic E-state index is 11.8. The van der Waals surface area contributed by atoms with E-state index >= 15 is 0 Å². The van der Waals surface area contributed by atoms with Crippen LogP contribution in [0.4, 0.5) is 5.69 Å². The zero-order chi connectivity index (χ0) is 12.1. The van der Waals surface area contributed by atoms with Crippen LogP contribution in [0.15, 0.2) is 30.3 Å². The monoisotopic (exact) mass is 255 g/mol. The van der Waals surface area contributed by atoms with Gasteiger partial charge in [0.25, 0.3) is 10.2 Å². The molecule has 94 valence electrons. The van der Waals surface area contributed by atoms with Gasteiger partial charge in [0.2, 0.25) is 0 Å². The summed E-state index contributed by atoms with van der Waals surface area (Å²) in [5, 5.41) is 3.17. The summed E-state index contributed by atoms with van der Waals surface area (Å²) >= 11 is 0. The van der Waals surface area contributed by atoms with Crippen LogP contribution in [-0.2, 0) is 10.2 Å². The van der Waals surface area contributed by atoms with E-state index in [0.717, 1.165) is 19.4 Å². The minimum atomic E-state index is -3.47. The van der Waals surface area contributed by atoms with Crippen LogP contribution in [0.5, 0.6) is 0 Å². The zero-order valence-corrected chi connectivity index (χ0v) is 10.3. The van der Waals surface area contributed by atoms with Gasteiger partial charge in [-0.3, -0.25) is 4.72 Å². The summed E-state index contributed by atoms with van der Waals surface area (Å²) in [7, 11) is -3.47. The Morgan fingerprint density at radius 3 is 2.65 bits per heavy atom. The molecule has 1 aromatic rings. The minimum Gasteiger partial charge on any atom is -0.315 e. The van der Waals surface area contributed by atoms with Crippen molar-refractivity contribution >= 4 is 15.9 Å². The van der Waals surface area contributed by atoms with Crippen LogP contribution in [0.3, 0.4) is 0 Å². The van der Waals surface area contributed by atoms with Crippen LogP contribution in [0.2, 0.25) is 0 Å². The van der Waals surface area contributed by atoms with E-state index in [1.54, 1.807) is 24.3 Å². The van der Waals surface area contributed by atoms with Gasteiger partial charge in [-0.25, -0.2) is 0 Å². The van der Waals surface area contributed by atoms with Gasteiger partial charge in [0.05, 0.1) is 0 Å². The third-order valence-corrected chi connectivity index (χ3v) is 3.79. The summed E-state index contributed by atoms with van der Waals surface area (Å²) in [6, 6.07) is 8.84. The number of hydrogen-bond acceptors (Lipinski definition) is 3. The fourth-order valence-electron chi connectivity index (χ4n) is 1.86. The van der Waals surface area contributed by atoms with Crippen molar-refractivity contribution in [2.45, 2.75) is 18.9 Å². The molecule has 0 radical (unpaired) electrons. The molecule has 1 aliphatic rings. The molecule has 5 nitrogen and oxygen atoms in total. The van der Waals surface area contributed by atoms with E-state index in [9.17, 15) is 8.42 Å². The first-order valence-corrected chi connectivity index (χ1v) is 7.20. The Hall–Kier alpha value is -1.11. The van der Waals surface area contributed by atoms with Gasteiger partial charge in [-0.15, -0.1) is 0 Å². The molecule has 1 unspecified atom stereocenters. The Labute approximate surface area is 102 Å². The molecule has 3 N–H and O–H groups in total. The lowest BCUT2D eigenvalue weighted by molar-refractivity contribution is 0.429. The fourth-order valence-corrected chi connectivity index (χ4v) is 3.01. The number of nitrogens with one attached hydrogen (secondary N) is 3. The van der Waals surface area contributed by atoms with Gasteiger partial charge in [-0.2, -0.15) is 13.1 Å². The zero-order valence-electron chi connectivity index (χ0n) is 9.52. The molecule has 0 spiro atoms. The standard InChI is InChI=1S/C11H17N3O2S/c15-17(16,13-10-5-2-1-3-6-10)14-11-7-4-8-12-9-11/h1-3,5-6,11-14H,4,7-9H2. The minimum absolute atomic E-state index is 0.0232. The Kier molecular flexibility index (Phi) is 3.98. The maximum Gasteiger partial charge on any atom is 0.299 e. The molecule has 0 aromatic heterocycles. The fraction of sp³-hybridized carbons (Fsp3) is 0.455. The summed E-state index contributed by atoms with van der Waals surface area (Å²) < 4.78 is 28.8. The van der Waals surface area contributed by atoms with Crippen LogP contribution in [0.1, 0.15) is 12.8 Å². The maximum absolute atomic E-state index is 11.8. The second-order valence-electron chi connectivity index (χ2n) is 4.13. The topological polar surface area (TPSA) is 70.2 Å². The summed E-state index contributed by atoms with van der Waals surface area (Å²) in [5.41, 5.74) is 0.573. The number of para-hydroxylation sites is 1. The highest BCUT2D eigenvalue weighted by molar-refractivity contribution is 7.90. The van der Waals surface area contributed by atoms with Gasteiger partial charge in [-0.1, -0.05) is 18.2 Å². The molecule has 6 heteroatoms. The normalized spacial score (nSPS) is 21.1. The predicted octanol–water partition coefficient (Wildman–Crippen LogP) is 0.685. The quantitative estimate of drug-likeness (QED) is 0.741. The molecule has 0 aliphatic carbocycles. The van der Waals surface area contributed by atoms with Crippen molar-refractivity contribution in [2.24, 2.45) is 0 Å². The van der Waals surface area contributed by atoms with Gasteiger partial charge >= 0.3 is 0 Å². The first kappa shape index (κ1) is 12.3. The third-order valence-electron chi connectivity index (χ3n) is 2.64. The molecule has 1 saturated heterocycles. The SMILES string of the molecule is O=S(=O)(Nc1ccccc1)NC1CCCNC1. The van der Waals surface area contributed by atoms with Crippen molar-refractivity contribution in [3.8, 4) is 0 Å². The van der Waals surface area contributed by atoms with E-state index in [1.165, 1.54) is 0 Å². The highest BCUT2D eigenvalue weighted by atomic mass is 32.2. The predicted molar refractivity (Wildman–Crippen MR) is 68.0 cm³/mol. The molecular formula is C11H17N3O2S. The average Bonchev–Trinajstić information content (AvgIpc) is 2.30. The number of piperidine rings is 1. The third kappa shape index (κ3) is 3.99. The van der Waals surface area contributed by atoms with Crippen molar-refractivity contribution in [2.75, 3.05) is 17.8 Å². The number of benzene rings is 1. The van der Waals surface area contributed by atoms with E-state index < -0.39 is 10.2 Å². The second-order valence-corrected chi connectivity index (χ2v) is 5.58. The van der Waals surface area contributed by atoms with Gasteiger partial charge in [-0.05, 0) is 31.5 Å². The van der Waals surface area contributed by atoms with E-state index in [1.807, 2.05) is 6.07 Å². The van der Waals surface area contributed by atoms with Crippen molar-refractivity contribution in [1.29, 1.82) is 0 Å². The smallest absolute Gasteiger partial charge is 0.299 e. The molecule has 1 aromatic carbocycles. The average molecular weight is 255 g/mol. The van der Waals surface area contributed by atoms with Crippen molar-refractivity contribution in [1.82, 2.24) is 10.0 Å². The second kappa shape index (κ2) is 5.48. The molecule has 0 amide bonds. The summed E-state index contributed by atoms with van der Waals surface area (Å²) in [6.45, 7) is 1.65. The number of anilines is 1. The largest absolute Gasteiger partial charge is 0.315 e. The van der Waals surface area contributed by atoms with Gasteiger partial charge in [0, 0.05) is 18.3 Å². The van der Waals surface area contributed by atoms with Crippen LogP contribution in [0, 0.1) is 0 Å². The highest BCUT2D eigenvalue weighted by Gasteiger charge is 2.19. The first-order valence-electron chi connectivity index (χ1n) is 5.71. The van der Waals surface area contributed by atoms with Crippen LogP contribution < -0.4 is 14.8 Å². The van der Waals surface area contributed by atoms with Gasteiger partial charge in [0.1, 0.15) is 0 Å². The summed E-state index contributed by atoms with van der Waals surface area (Å²) in [6.07, 6.45) is 1.88.